The lowest BCUT2D eigenvalue weighted by Gasteiger charge is -2.10. The fraction of sp³-hybridized carbons (Fsp3) is 0.200. The van der Waals surface area contributed by atoms with Gasteiger partial charge in [-0.2, -0.15) is 0 Å². The van der Waals surface area contributed by atoms with Crippen LogP contribution in [-0.4, -0.2) is 60.0 Å². The van der Waals surface area contributed by atoms with Crippen LogP contribution in [0.1, 0.15) is 17.7 Å². The van der Waals surface area contributed by atoms with E-state index >= 15 is 0 Å². The number of rotatable bonds is 8. The van der Waals surface area contributed by atoms with Gasteiger partial charge in [-0.1, -0.05) is 24.3 Å². The van der Waals surface area contributed by atoms with E-state index < -0.39 is 24.4 Å². The molecule has 1 amide bonds. The Hall–Kier alpha value is -3.22. The lowest BCUT2D eigenvalue weighted by Crippen LogP contribution is -2.36. The predicted octanol–water partition coefficient (Wildman–Crippen LogP) is 1.11. The van der Waals surface area contributed by atoms with Crippen LogP contribution in [0.25, 0.3) is 12.2 Å². The summed E-state index contributed by atoms with van der Waals surface area (Å²) in [7, 11) is 0. The number of nitrogens with zero attached hydrogens (tertiary/aromatic N) is 3. The van der Waals surface area contributed by atoms with Gasteiger partial charge in [0.2, 0.25) is 11.0 Å². The third-order valence-corrected chi connectivity index (χ3v) is 6.11. The van der Waals surface area contributed by atoms with Crippen molar-refractivity contribution in [2.24, 2.45) is 4.99 Å². The van der Waals surface area contributed by atoms with Crippen LogP contribution in [-0.2, 0) is 20.9 Å². The highest BCUT2D eigenvalue weighted by Gasteiger charge is 2.30. The average Bonchev–Trinajstić information content (AvgIpc) is 3.13. The fourth-order valence-corrected chi connectivity index (χ4v) is 4.46. The van der Waals surface area contributed by atoms with Crippen molar-refractivity contribution in [1.82, 2.24) is 9.47 Å². The Labute approximate surface area is 195 Å². The van der Waals surface area contributed by atoms with Gasteiger partial charge in [0.25, 0.3) is 5.91 Å². The second-order valence-corrected chi connectivity index (χ2v) is 8.77. The number of aliphatic imine (C=N–C) groups is 1. The molecular weight excluding hydrogens is 474 g/mol. The zero-order valence-electron chi connectivity index (χ0n) is 16.4. The van der Waals surface area contributed by atoms with E-state index in [0.717, 1.165) is 10.1 Å². The number of carboxylic acid groups (broad SMARTS) is 2. The average molecular weight is 492 g/mol. The monoisotopic (exact) mass is 491 g/mol. The molecule has 0 saturated heterocycles. The Bertz CT molecular complexity index is 1300. The van der Waals surface area contributed by atoms with Crippen molar-refractivity contribution in [3.05, 3.63) is 43.5 Å². The third kappa shape index (κ3) is 5.52. The molecule has 0 saturated carbocycles. The highest BCUT2D eigenvalue weighted by atomic mass is 32.1. The van der Waals surface area contributed by atoms with Crippen molar-refractivity contribution in [3.8, 4) is 5.88 Å². The summed E-state index contributed by atoms with van der Waals surface area (Å²) in [4.78, 5) is 39.2. The lowest BCUT2D eigenvalue weighted by atomic mass is 10.2. The van der Waals surface area contributed by atoms with E-state index in [9.17, 15) is 19.5 Å². The highest BCUT2D eigenvalue weighted by molar-refractivity contribution is 7.80. The first-order valence-electron chi connectivity index (χ1n) is 9.26. The van der Waals surface area contributed by atoms with Crippen LogP contribution < -0.4 is 10.4 Å². The standard InChI is InChI=1S/C20H17N3O6S3/c24-15(25)2-1-7-22-18(29)14(32-20(22)31)9-12-5-3-11(4-6-12)8-13-17(28)23(10-16(26)27)19(30)21-13/h3-6,8-9,29H,1-2,7,10H2,(H,24,25)(H,26,27). The summed E-state index contributed by atoms with van der Waals surface area (Å²) in [5, 5.41) is 29.4. The van der Waals surface area contributed by atoms with Crippen LogP contribution in [0, 0.1) is 3.95 Å². The SMILES string of the molecule is O=C(O)CCCn1c(O)c(C=c2ccc(=CC3=NC(=S)N(CC(=O)O)C3=O)cc2)sc1=S. The molecule has 1 aliphatic heterocycles. The fourth-order valence-electron chi connectivity index (χ4n) is 2.90. The van der Waals surface area contributed by atoms with E-state index in [1.165, 1.54) is 22.0 Å². The molecule has 0 aliphatic carbocycles. The molecule has 2 heterocycles. The second-order valence-electron chi connectivity index (χ2n) is 6.72. The molecule has 0 bridgehead atoms. The largest absolute Gasteiger partial charge is 0.493 e. The number of aromatic nitrogens is 1. The maximum absolute atomic E-state index is 12.3. The Balaban J connectivity index is 1.81. The Morgan fingerprint density at radius 1 is 1.06 bits per heavy atom. The number of hydrogen-bond donors (Lipinski definition) is 3. The van der Waals surface area contributed by atoms with Gasteiger partial charge in [0.05, 0.1) is 4.88 Å². The number of thiocarbonyl (C=S) groups is 1. The third-order valence-electron chi connectivity index (χ3n) is 4.41. The minimum Gasteiger partial charge on any atom is -0.493 e. The molecule has 166 valence electrons. The van der Waals surface area contributed by atoms with Gasteiger partial charge in [-0.05, 0) is 53.4 Å². The van der Waals surface area contributed by atoms with E-state index in [0.29, 0.717) is 27.0 Å². The second kappa shape index (κ2) is 9.94. The summed E-state index contributed by atoms with van der Waals surface area (Å²) < 4.78 is 1.95. The van der Waals surface area contributed by atoms with E-state index in [1.54, 1.807) is 30.3 Å². The normalized spacial score (nSPS) is 13.2. The number of carbonyl (C=O) groups excluding carboxylic acids is 1. The first kappa shape index (κ1) is 23.4. The van der Waals surface area contributed by atoms with Crippen LogP contribution in [0.5, 0.6) is 5.88 Å². The van der Waals surface area contributed by atoms with E-state index in [1.807, 2.05) is 0 Å². The van der Waals surface area contributed by atoms with Crippen molar-refractivity contribution >= 4 is 76.6 Å². The Morgan fingerprint density at radius 2 is 1.69 bits per heavy atom. The van der Waals surface area contributed by atoms with Crippen LogP contribution in [0.15, 0.2) is 29.3 Å². The van der Waals surface area contributed by atoms with Crippen molar-refractivity contribution < 1.29 is 29.7 Å². The predicted molar refractivity (Wildman–Crippen MR) is 125 cm³/mol. The van der Waals surface area contributed by atoms with Gasteiger partial charge >= 0.3 is 11.9 Å². The molecule has 3 N–H and O–H groups in total. The van der Waals surface area contributed by atoms with Crippen molar-refractivity contribution in [2.75, 3.05) is 6.54 Å². The van der Waals surface area contributed by atoms with E-state index in [4.69, 9.17) is 34.6 Å². The minimum atomic E-state index is -1.18. The van der Waals surface area contributed by atoms with Gasteiger partial charge in [-0.15, -0.1) is 11.3 Å². The number of amides is 1. The summed E-state index contributed by atoms with van der Waals surface area (Å²) in [6, 6.07) is 7.03. The number of hydrogen-bond acceptors (Lipinski definition) is 7. The quantitative estimate of drug-likeness (QED) is 0.468. The molecule has 2 aromatic rings. The molecule has 1 aliphatic rings. The summed E-state index contributed by atoms with van der Waals surface area (Å²) in [6.07, 6.45) is 3.60. The molecule has 0 spiro atoms. The van der Waals surface area contributed by atoms with Gasteiger partial charge in [0.1, 0.15) is 12.3 Å². The first-order valence-corrected chi connectivity index (χ1v) is 10.9. The van der Waals surface area contributed by atoms with Crippen LogP contribution >= 0.6 is 35.8 Å². The molecule has 0 fully saturated rings. The molecule has 1 aromatic heterocycles. The highest BCUT2D eigenvalue weighted by Crippen LogP contribution is 2.27. The molecule has 9 nitrogen and oxygen atoms in total. The van der Waals surface area contributed by atoms with E-state index in [-0.39, 0.29) is 23.1 Å². The van der Waals surface area contributed by atoms with Gasteiger partial charge in [-0.25, -0.2) is 4.99 Å². The molecule has 1 aromatic carbocycles. The molecule has 12 heteroatoms. The summed E-state index contributed by atoms with van der Waals surface area (Å²) in [5.74, 6) is -2.67. The van der Waals surface area contributed by atoms with Crippen LogP contribution in [0.2, 0.25) is 0 Å². The van der Waals surface area contributed by atoms with Gasteiger partial charge in [-0.3, -0.25) is 23.9 Å². The smallest absolute Gasteiger partial charge is 0.323 e. The van der Waals surface area contributed by atoms with Crippen molar-refractivity contribution in [3.63, 3.8) is 0 Å². The molecule has 0 unspecified atom stereocenters. The van der Waals surface area contributed by atoms with Crippen molar-refractivity contribution in [1.29, 1.82) is 0 Å². The maximum Gasteiger partial charge on any atom is 0.323 e. The minimum absolute atomic E-state index is 0.0132. The summed E-state index contributed by atoms with van der Waals surface area (Å²) >= 11 is 11.4. The summed E-state index contributed by atoms with van der Waals surface area (Å²) in [6.45, 7) is -0.232. The number of aliphatic carboxylic acids is 2. The number of benzene rings is 1. The maximum atomic E-state index is 12.3. The number of aromatic hydroxyl groups is 1. The molecular formula is C20H17N3O6S3. The topological polar surface area (TPSA) is 132 Å². The number of carbonyl (C=O) groups is 3. The molecule has 3 rings (SSSR count). The summed E-state index contributed by atoms with van der Waals surface area (Å²) in [5.41, 5.74) is 0.0574. The van der Waals surface area contributed by atoms with Gasteiger partial charge in [0, 0.05) is 13.0 Å². The zero-order valence-corrected chi connectivity index (χ0v) is 18.9. The first-order chi connectivity index (χ1) is 15.2. The van der Waals surface area contributed by atoms with Crippen molar-refractivity contribution in [2.45, 2.75) is 19.4 Å². The Kier molecular flexibility index (Phi) is 7.28. The van der Waals surface area contributed by atoms with Gasteiger partial charge in [0.15, 0.2) is 3.95 Å². The zero-order chi connectivity index (χ0) is 23.4. The van der Waals surface area contributed by atoms with Gasteiger partial charge < -0.3 is 15.3 Å². The van der Waals surface area contributed by atoms with E-state index in [2.05, 4.69) is 4.99 Å². The van der Waals surface area contributed by atoms with Crippen LogP contribution in [0.4, 0.5) is 0 Å². The van der Waals surface area contributed by atoms with Crippen LogP contribution in [0.3, 0.4) is 0 Å². The number of thiazole rings is 1. The lowest BCUT2D eigenvalue weighted by molar-refractivity contribution is -0.140. The molecule has 32 heavy (non-hydrogen) atoms. The Morgan fingerprint density at radius 3 is 2.28 bits per heavy atom. The number of carboxylic acids is 2. The molecule has 0 radical (unpaired) electrons. The molecule has 0 atom stereocenters.